The lowest BCUT2D eigenvalue weighted by atomic mass is 9.90. The van der Waals surface area contributed by atoms with Gasteiger partial charge in [0.05, 0.1) is 29.7 Å². The van der Waals surface area contributed by atoms with Gasteiger partial charge in [0.25, 0.3) is 0 Å². The van der Waals surface area contributed by atoms with E-state index in [1.807, 2.05) is 27.1 Å². The lowest BCUT2D eigenvalue weighted by molar-refractivity contribution is 0.109. The number of rotatable bonds is 0. The zero-order valence-electron chi connectivity index (χ0n) is 17.8. The number of hydrogen-bond donors (Lipinski definition) is 1. The molecule has 4 aromatic rings. The molecule has 1 aliphatic rings. The Bertz CT molecular complexity index is 1410. The van der Waals surface area contributed by atoms with Crippen LogP contribution in [0.1, 0.15) is 30.5 Å². The standard InChI is InChI=1S/C23H20FN7O/c1-23(2)18-7-16(24)4-5-17(18)20-15(11-30(3)29-20)12-31-21(14(8-25)10-28-31)13-6-19(32-23)22(26)27-9-13/h4-7,9-11H,12H2,1-3H3,(H2,26,27). The second-order valence-corrected chi connectivity index (χ2v) is 8.26. The van der Waals surface area contributed by atoms with Gasteiger partial charge >= 0.3 is 0 Å². The third kappa shape index (κ3) is 3.08. The van der Waals surface area contributed by atoms with Crippen LogP contribution >= 0.6 is 0 Å². The van der Waals surface area contributed by atoms with Crippen molar-refractivity contribution in [2.75, 3.05) is 5.73 Å². The Balaban J connectivity index is 1.86. The van der Waals surface area contributed by atoms with E-state index < -0.39 is 5.60 Å². The molecule has 0 fully saturated rings. The molecule has 2 N–H and O–H groups in total. The molecule has 32 heavy (non-hydrogen) atoms. The molecule has 0 radical (unpaired) electrons. The zero-order valence-corrected chi connectivity index (χ0v) is 17.8. The third-order valence-corrected chi connectivity index (χ3v) is 5.59. The number of benzene rings is 1. The predicted molar refractivity (Wildman–Crippen MR) is 116 cm³/mol. The summed E-state index contributed by atoms with van der Waals surface area (Å²) in [5, 5.41) is 18.8. The van der Waals surface area contributed by atoms with Gasteiger partial charge in [-0.3, -0.25) is 9.36 Å². The average molecular weight is 429 g/mol. The number of anilines is 1. The Kier molecular flexibility index (Phi) is 4.27. The monoisotopic (exact) mass is 429 g/mol. The van der Waals surface area contributed by atoms with Crippen molar-refractivity contribution in [3.05, 3.63) is 65.4 Å². The molecule has 5 rings (SSSR count). The van der Waals surface area contributed by atoms with Crippen LogP contribution in [0.3, 0.4) is 0 Å². The molecule has 0 spiro atoms. The highest BCUT2D eigenvalue weighted by molar-refractivity contribution is 5.72. The molecule has 0 amide bonds. The van der Waals surface area contributed by atoms with Crippen LogP contribution in [-0.2, 0) is 19.2 Å². The smallest absolute Gasteiger partial charge is 0.166 e. The number of nitrogen functional groups attached to an aromatic ring is 1. The van der Waals surface area contributed by atoms with Crippen LogP contribution in [0.25, 0.3) is 22.5 Å². The van der Waals surface area contributed by atoms with Gasteiger partial charge in [-0.05, 0) is 38.1 Å². The van der Waals surface area contributed by atoms with Crippen LogP contribution in [0, 0.1) is 17.1 Å². The minimum absolute atomic E-state index is 0.194. The number of fused-ring (bicyclic) bond motifs is 7. The second kappa shape index (κ2) is 6.92. The first-order valence-corrected chi connectivity index (χ1v) is 10.0. The Morgan fingerprint density at radius 2 is 2.06 bits per heavy atom. The van der Waals surface area contributed by atoms with Gasteiger partial charge in [0.2, 0.25) is 0 Å². The minimum Gasteiger partial charge on any atom is -0.479 e. The normalized spacial score (nSPS) is 14.1. The molecule has 0 unspecified atom stereocenters. The molecule has 3 aromatic heterocycles. The summed E-state index contributed by atoms with van der Waals surface area (Å²) in [6.07, 6.45) is 5.01. The first-order valence-electron chi connectivity index (χ1n) is 10.0. The van der Waals surface area contributed by atoms with Crippen LogP contribution < -0.4 is 10.5 Å². The molecule has 0 saturated heterocycles. The molecule has 0 saturated carbocycles. The Morgan fingerprint density at radius 1 is 1.25 bits per heavy atom. The summed E-state index contributed by atoms with van der Waals surface area (Å²) in [4.78, 5) is 4.28. The summed E-state index contributed by atoms with van der Waals surface area (Å²) in [7, 11) is 1.83. The number of nitrogens with zero attached hydrogens (tertiary/aromatic N) is 6. The van der Waals surface area contributed by atoms with Crippen molar-refractivity contribution in [2.24, 2.45) is 7.05 Å². The number of nitriles is 1. The van der Waals surface area contributed by atoms with Crippen molar-refractivity contribution in [1.82, 2.24) is 24.5 Å². The Hall–Kier alpha value is -4.19. The maximum atomic E-state index is 14.4. The van der Waals surface area contributed by atoms with Crippen molar-refractivity contribution in [2.45, 2.75) is 26.0 Å². The second-order valence-electron chi connectivity index (χ2n) is 8.26. The molecule has 1 aliphatic heterocycles. The van der Waals surface area contributed by atoms with Gasteiger partial charge in [-0.15, -0.1) is 0 Å². The number of nitrogens with two attached hydrogens (primary N) is 1. The number of pyridine rings is 1. The number of aryl methyl sites for hydroxylation is 1. The molecule has 9 heteroatoms. The highest BCUT2D eigenvalue weighted by Gasteiger charge is 2.31. The summed E-state index contributed by atoms with van der Waals surface area (Å²) < 4.78 is 24.1. The van der Waals surface area contributed by atoms with E-state index in [9.17, 15) is 9.65 Å². The average Bonchev–Trinajstić information content (AvgIpc) is 3.32. The van der Waals surface area contributed by atoms with Gasteiger partial charge in [-0.1, -0.05) is 0 Å². The first-order chi connectivity index (χ1) is 15.3. The van der Waals surface area contributed by atoms with Crippen LogP contribution in [0.2, 0.25) is 0 Å². The fourth-order valence-corrected chi connectivity index (χ4v) is 4.15. The molecule has 4 heterocycles. The maximum absolute atomic E-state index is 14.4. The summed E-state index contributed by atoms with van der Waals surface area (Å²) in [6.45, 7) is 4.05. The van der Waals surface area contributed by atoms with Gasteiger partial charge < -0.3 is 10.5 Å². The van der Waals surface area contributed by atoms with Gasteiger partial charge in [0.1, 0.15) is 17.5 Å². The summed E-state index contributed by atoms with van der Waals surface area (Å²) >= 11 is 0. The van der Waals surface area contributed by atoms with Crippen molar-refractivity contribution in [3.8, 4) is 34.3 Å². The number of hydrogen-bond acceptors (Lipinski definition) is 6. The molecule has 160 valence electrons. The molecule has 2 bridgehead atoms. The van der Waals surface area contributed by atoms with Gasteiger partial charge in [-0.2, -0.15) is 15.5 Å². The Labute approximate surface area is 183 Å². The van der Waals surface area contributed by atoms with E-state index >= 15 is 0 Å². The summed E-state index contributed by atoms with van der Waals surface area (Å²) in [5.74, 6) is 0.152. The van der Waals surface area contributed by atoms with Crippen molar-refractivity contribution in [3.63, 3.8) is 0 Å². The molecule has 0 atom stereocenters. The topological polar surface area (TPSA) is 108 Å². The largest absolute Gasteiger partial charge is 0.479 e. The highest BCUT2D eigenvalue weighted by Crippen LogP contribution is 2.40. The fraction of sp³-hybridized carbons (Fsp3) is 0.217. The van der Waals surface area contributed by atoms with Crippen LogP contribution in [0.5, 0.6) is 5.75 Å². The number of aromatic nitrogens is 5. The molecular formula is C23H20FN7O. The lowest BCUT2D eigenvalue weighted by Crippen LogP contribution is -2.27. The lowest BCUT2D eigenvalue weighted by Gasteiger charge is -2.30. The van der Waals surface area contributed by atoms with Crippen LogP contribution in [0.15, 0.2) is 42.9 Å². The van der Waals surface area contributed by atoms with Crippen molar-refractivity contribution in [1.29, 1.82) is 5.26 Å². The highest BCUT2D eigenvalue weighted by atomic mass is 19.1. The first kappa shape index (κ1) is 19.8. The predicted octanol–water partition coefficient (Wildman–Crippen LogP) is 3.61. The van der Waals surface area contributed by atoms with E-state index in [1.165, 1.54) is 18.3 Å². The quantitative estimate of drug-likeness (QED) is 0.457. The van der Waals surface area contributed by atoms with Crippen LogP contribution in [-0.4, -0.2) is 24.5 Å². The van der Waals surface area contributed by atoms with Crippen LogP contribution in [0.4, 0.5) is 10.2 Å². The van der Waals surface area contributed by atoms with Gasteiger partial charge in [0.15, 0.2) is 11.6 Å². The number of halogens is 1. The summed E-state index contributed by atoms with van der Waals surface area (Å²) in [6, 6.07) is 8.50. The zero-order chi connectivity index (χ0) is 22.6. The third-order valence-electron chi connectivity index (χ3n) is 5.59. The molecule has 1 aromatic carbocycles. The van der Waals surface area contributed by atoms with E-state index in [0.717, 1.165) is 11.1 Å². The van der Waals surface area contributed by atoms with E-state index in [-0.39, 0.29) is 11.6 Å². The summed E-state index contributed by atoms with van der Waals surface area (Å²) in [5.41, 5.74) is 9.74. The van der Waals surface area contributed by atoms with Gasteiger partial charge in [0, 0.05) is 41.7 Å². The van der Waals surface area contributed by atoms with E-state index in [1.54, 1.807) is 27.7 Å². The van der Waals surface area contributed by atoms with Crippen molar-refractivity contribution < 1.29 is 9.13 Å². The van der Waals surface area contributed by atoms with E-state index in [0.29, 0.717) is 40.4 Å². The SMILES string of the molecule is Cn1cc2c(n1)-c1ccc(F)cc1C(C)(C)Oc1cc(cnc1N)-c1c(C#N)cnn1C2. The fourth-order valence-electron chi connectivity index (χ4n) is 4.15. The van der Waals surface area contributed by atoms with Crippen molar-refractivity contribution >= 4 is 5.82 Å². The Morgan fingerprint density at radius 3 is 2.84 bits per heavy atom. The minimum atomic E-state index is -0.960. The molecular weight excluding hydrogens is 409 g/mol. The van der Waals surface area contributed by atoms with E-state index in [4.69, 9.17) is 10.5 Å². The number of ether oxygens (including phenoxy) is 1. The van der Waals surface area contributed by atoms with Gasteiger partial charge in [-0.25, -0.2) is 9.37 Å². The van der Waals surface area contributed by atoms with E-state index in [2.05, 4.69) is 21.3 Å². The molecule has 0 aliphatic carbocycles. The maximum Gasteiger partial charge on any atom is 0.166 e. The molecule has 8 nitrogen and oxygen atoms in total.